The van der Waals surface area contributed by atoms with E-state index in [0.29, 0.717) is 32.5 Å². The van der Waals surface area contributed by atoms with E-state index in [-0.39, 0.29) is 5.75 Å². The molecule has 5 N–H and O–H groups in total. The van der Waals surface area contributed by atoms with Gasteiger partial charge in [-0.15, -0.1) is 0 Å². The number of nitrogens with zero attached hydrogens (tertiary/aromatic N) is 1. The minimum Gasteiger partial charge on any atom is -0.484 e. The van der Waals surface area contributed by atoms with Gasteiger partial charge in [-0.3, -0.25) is 9.59 Å². The van der Waals surface area contributed by atoms with E-state index in [1.165, 1.54) is 38.1 Å². The van der Waals surface area contributed by atoms with E-state index >= 15 is 0 Å². The van der Waals surface area contributed by atoms with Crippen molar-refractivity contribution in [3.05, 3.63) is 57.8 Å². The fourth-order valence-corrected chi connectivity index (χ4v) is 3.89. The first-order valence-electron chi connectivity index (χ1n) is 11.6. The third-order valence-corrected chi connectivity index (χ3v) is 6.50. The highest BCUT2D eigenvalue weighted by molar-refractivity contribution is 6.42. The number of nitrogens with two attached hydrogens (primary N) is 1. The monoisotopic (exact) mass is 573 g/mol. The van der Waals surface area contributed by atoms with E-state index in [0.717, 1.165) is 0 Å². The van der Waals surface area contributed by atoms with Gasteiger partial charge in [-0.25, -0.2) is 4.98 Å². The Morgan fingerprint density at radius 3 is 2.26 bits per heavy atom. The van der Waals surface area contributed by atoms with E-state index in [9.17, 15) is 22.8 Å². The van der Waals surface area contributed by atoms with Crippen molar-refractivity contribution in [2.24, 2.45) is 5.73 Å². The molecule has 1 heterocycles. The number of aromatic amines is 1. The van der Waals surface area contributed by atoms with Gasteiger partial charge in [0.15, 0.2) is 6.61 Å². The molecule has 3 atom stereocenters. The fourth-order valence-electron chi connectivity index (χ4n) is 3.57. The van der Waals surface area contributed by atoms with Gasteiger partial charge >= 0.3 is 6.18 Å². The van der Waals surface area contributed by atoms with Crippen molar-refractivity contribution in [3.8, 4) is 5.75 Å². The number of rotatable bonds is 9. The van der Waals surface area contributed by atoms with Gasteiger partial charge in [-0.1, -0.05) is 42.3 Å². The summed E-state index contributed by atoms with van der Waals surface area (Å²) >= 11 is 12.1. The van der Waals surface area contributed by atoms with Gasteiger partial charge in [-0.05, 0) is 50.6 Å². The molecule has 3 rings (SSSR count). The zero-order valence-electron chi connectivity index (χ0n) is 21.0. The Kier molecular flexibility index (Phi) is 8.85. The Bertz CT molecular complexity index is 1270. The van der Waals surface area contributed by atoms with Crippen LogP contribution >= 0.6 is 23.2 Å². The molecule has 0 spiro atoms. The van der Waals surface area contributed by atoms with Crippen molar-refractivity contribution in [1.82, 2.24) is 20.6 Å². The molecule has 2 aromatic carbocycles. The van der Waals surface area contributed by atoms with Crippen molar-refractivity contribution in [2.75, 3.05) is 6.61 Å². The maximum atomic E-state index is 13.4. The normalized spacial score (nSPS) is 14.6. The van der Waals surface area contributed by atoms with Gasteiger partial charge in [0.2, 0.25) is 11.8 Å². The van der Waals surface area contributed by atoms with Gasteiger partial charge in [0, 0.05) is 5.92 Å². The van der Waals surface area contributed by atoms with E-state index in [4.69, 9.17) is 33.7 Å². The third-order valence-electron chi connectivity index (χ3n) is 5.77. The van der Waals surface area contributed by atoms with E-state index in [2.05, 4.69) is 20.6 Å². The summed E-state index contributed by atoms with van der Waals surface area (Å²) in [4.78, 5) is 33.7. The number of halogens is 5. The van der Waals surface area contributed by atoms with Crippen LogP contribution < -0.4 is 21.1 Å². The summed E-state index contributed by atoms with van der Waals surface area (Å²) in [6.07, 6.45) is -4.47. The molecule has 1 aromatic heterocycles. The van der Waals surface area contributed by atoms with Crippen LogP contribution in [0.2, 0.25) is 10.0 Å². The minimum absolute atomic E-state index is 0.0186. The first-order chi connectivity index (χ1) is 17.5. The maximum absolute atomic E-state index is 13.4. The van der Waals surface area contributed by atoms with Crippen LogP contribution in [0, 0.1) is 0 Å². The van der Waals surface area contributed by atoms with Crippen LogP contribution in [0.4, 0.5) is 13.2 Å². The number of H-pyrrole nitrogens is 1. The predicted octanol–water partition coefficient (Wildman–Crippen LogP) is 5.01. The molecule has 206 valence electrons. The number of fused-ring (bicyclic) bond motifs is 1. The second-order valence-electron chi connectivity index (χ2n) is 9.57. The minimum atomic E-state index is -4.47. The molecule has 3 aromatic rings. The van der Waals surface area contributed by atoms with Crippen LogP contribution in [-0.2, 0) is 9.59 Å². The second kappa shape index (κ2) is 11.4. The lowest BCUT2D eigenvalue weighted by molar-refractivity contribution is -0.153. The number of carbonyl (C=O) groups is 2. The van der Waals surface area contributed by atoms with Gasteiger partial charge in [-0.2, -0.15) is 13.2 Å². The zero-order chi connectivity index (χ0) is 28.4. The number of hydrogen-bond donors (Lipinski definition) is 4. The molecule has 38 heavy (non-hydrogen) atoms. The highest BCUT2D eigenvalue weighted by Gasteiger charge is 2.33. The molecule has 0 saturated carbocycles. The quantitative estimate of drug-likeness (QED) is 0.286. The van der Waals surface area contributed by atoms with Crippen molar-refractivity contribution in [2.45, 2.75) is 57.4 Å². The first kappa shape index (κ1) is 29.5. The molecule has 8 nitrogen and oxygen atoms in total. The molecule has 0 aliphatic carbocycles. The van der Waals surface area contributed by atoms with E-state index in [1.54, 1.807) is 26.0 Å². The van der Waals surface area contributed by atoms with Crippen LogP contribution in [0.1, 0.15) is 51.0 Å². The average molecular weight is 574 g/mol. The van der Waals surface area contributed by atoms with Crippen LogP contribution in [0.25, 0.3) is 11.0 Å². The lowest BCUT2D eigenvalue weighted by Crippen LogP contribution is -2.57. The highest BCUT2D eigenvalue weighted by Crippen LogP contribution is 2.28. The molecule has 0 unspecified atom stereocenters. The maximum Gasteiger partial charge on any atom is 0.422 e. The van der Waals surface area contributed by atoms with E-state index < -0.39 is 48.1 Å². The van der Waals surface area contributed by atoms with Crippen LogP contribution in [0.15, 0.2) is 36.4 Å². The number of nitrogens with one attached hydrogen (secondary N) is 3. The Morgan fingerprint density at radius 1 is 1.08 bits per heavy atom. The van der Waals surface area contributed by atoms with E-state index in [1.807, 2.05) is 0 Å². The predicted molar refractivity (Wildman–Crippen MR) is 139 cm³/mol. The lowest BCUT2D eigenvalue weighted by atomic mass is 9.91. The Labute approximate surface area is 227 Å². The summed E-state index contributed by atoms with van der Waals surface area (Å²) in [5.41, 5.74) is 6.43. The molecular formula is C25H28Cl2F3N5O3. The molecular weight excluding hydrogens is 546 g/mol. The largest absolute Gasteiger partial charge is 0.484 e. The molecule has 0 aliphatic rings. The number of aromatic nitrogens is 2. The summed E-state index contributed by atoms with van der Waals surface area (Å²) in [6, 6.07) is 7.37. The number of amides is 2. The average Bonchev–Trinajstić information content (AvgIpc) is 3.22. The van der Waals surface area contributed by atoms with Crippen molar-refractivity contribution in [1.29, 1.82) is 0 Å². The van der Waals surface area contributed by atoms with Gasteiger partial charge in [0.1, 0.15) is 17.6 Å². The number of alkyl halides is 3. The number of carbonyl (C=O) groups excluding carboxylic acids is 2. The fraction of sp³-hybridized carbons (Fsp3) is 0.400. The molecule has 13 heteroatoms. The second-order valence-corrected chi connectivity index (χ2v) is 10.4. The third kappa shape index (κ3) is 7.52. The van der Waals surface area contributed by atoms with Crippen molar-refractivity contribution in [3.63, 3.8) is 0 Å². The standard InChI is InChI=1S/C25H28Cl2F3N5O3/c1-12(14-5-7-15(8-6-14)38-11-25(28,29)30)20(35-23(37)24(3,4)31)22(36)32-13(2)21-33-18-9-16(26)17(27)10-19(18)34-21/h5-10,12-13,20H,11,31H2,1-4H3,(H,32,36)(H,33,34)(H,35,37)/t12-,13-,20-/m0/s1. The van der Waals surface area contributed by atoms with Gasteiger partial charge in [0.25, 0.3) is 0 Å². The topological polar surface area (TPSA) is 122 Å². The van der Waals surface area contributed by atoms with Crippen LogP contribution in [0.5, 0.6) is 5.75 Å². The smallest absolute Gasteiger partial charge is 0.422 e. The summed E-state index contributed by atoms with van der Waals surface area (Å²) in [7, 11) is 0. The SMILES string of the molecule is C[C@H](NC(=O)[C@@H](NC(=O)C(C)(C)N)[C@@H](C)c1ccc(OCC(F)(F)F)cc1)c1nc2cc(Cl)c(Cl)cc2[nH]1. The zero-order valence-corrected chi connectivity index (χ0v) is 22.6. The summed E-state index contributed by atoms with van der Waals surface area (Å²) in [5.74, 6) is -1.20. The number of hydrogen-bond acceptors (Lipinski definition) is 5. The Morgan fingerprint density at radius 2 is 1.68 bits per heavy atom. The molecule has 0 fully saturated rings. The molecule has 0 radical (unpaired) electrons. The number of benzene rings is 2. The molecule has 2 amide bonds. The molecule has 0 bridgehead atoms. The first-order valence-corrected chi connectivity index (χ1v) is 12.3. The summed E-state index contributed by atoms with van der Waals surface area (Å²) < 4.78 is 42.1. The van der Waals surface area contributed by atoms with Crippen LogP contribution in [0.3, 0.4) is 0 Å². The Hall–Kier alpha value is -3.02. The highest BCUT2D eigenvalue weighted by atomic mass is 35.5. The van der Waals surface area contributed by atoms with Crippen LogP contribution in [-0.4, -0.2) is 46.1 Å². The Balaban J connectivity index is 1.81. The van der Waals surface area contributed by atoms with Crippen molar-refractivity contribution < 1.29 is 27.5 Å². The summed E-state index contributed by atoms with van der Waals surface area (Å²) in [6.45, 7) is 4.99. The van der Waals surface area contributed by atoms with Gasteiger partial charge < -0.3 is 26.1 Å². The number of ether oxygens (including phenoxy) is 1. The van der Waals surface area contributed by atoms with Crippen molar-refractivity contribution >= 4 is 46.0 Å². The molecule has 0 aliphatic heterocycles. The lowest BCUT2D eigenvalue weighted by Gasteiger charge is -2.29. The van der Waals surface area contributed by atoms with Gasteiger partial charge in [0.05, 0.1) is 32.7 Å². The number of imidazole rings is 1. The molecule has 0 saturated heterocycles. The summed E-state index contributed by atoms with van der Waals surface area (Å²) in [5, 5.41) is 6.22.